The second-order valence-electron chi connectivity index (χ2n) is 5.28. The van der Waals surface area contributed by atoms with Crippen molar-refractivity contribution in [3.05, 3.63) is 89.4 Å². The predicted molar refractivity (Wildman–Crippen MR) is 96.0 cm³/mol. The molecule has 4 rings (SSSR count). The van der Waals surface area contributed by atoms with E-state index in [-0.39, 0.29) is 12.4 Å². The lowest BCUT2D eigenvalue weighted by Gasteiger charge is -1.99. The summed E-state index contributed by atoms with van der Waals surface area (Å²) in [6.07, 6.45) is 0. The minimum absolute atomic E-state index is 0. The maximum absolute atomic E-state index is 4.72. The first-order valence-electron chi connectivity index (χ1n) is 7.58. The molecule has 0 saturated heterocycles. The minimum atomic E-state index is 0. The van der Waals surface area contributed by atoms with E-state index >= 15 is 0 Å². The third kappa shape index (κ3) is 3.62. The Labute approximate surface area is 160 Å². The van der Waals surface area contributed by atoms with Crippen molar-refractivity contribution in [3.8, 4) is 22.8 Å². The highest BCUT2D eigenvalue weighted by Crippen LogP contribution is 2.17. The van der Waals surface area contributed by atoms with Crippen molar-refractivity contribution < 1.29 is 17.2 Å². The Hall–Kier alpha value is -2.50. The number of tetrazole rings is 1. The zero-order chi connectivity index (χ0) is 16.4. The van der Waals surface area contributed by atoms with E-state index in [0.29, 0.717) is 5.82 Å². The van der Waals surface area contributed by atoms with Crippen LogP contribution in [-0.4, -0.2) is 15.0 Å². The molecule has 0 fully saturated rings. The average molecular weight is 414 g/mol. The van der Waals surface area contributed by atoms with Crippen molar-refractivity contribution in [2.75, 3.05) is 0 Å². The monoisotopic (exact) mass is 412 g/mol. The zero-order valence-electron chi connectivity index (χ0n) is 13.1. The molecule has 0 radical (unpaired) electrons. The second kappa shape index (κ2) is 7.59. The lowest BCUT2D eigenvalue weighted by molar-refractivity contribution is -0.734. The first kappa shape index (κ1) is 17.3. The van der Waals surface area contributed by atoms with Crippen LogP contribution in [0.25, 0.3) is 22.8 Å². The van der Waals surface area contributed by atoms with Gasteiger partial charge in [-0.2, -0.15) is 0 Å². The van der Waals surface area contributed by atoms with Gasteiger partial charge in [0.05, 0.1) is 10.7 Å². The summed E-state index contributed by atoms with van der Waals surface area (Å²) in [5, 5.41) is 9.43. The van der Waals surface area contributed by atoms with Crippen molar-refractivity contribution in [1.82, 2.24) is 15.0 Å². The van der Waals surface area contributed by atoms with Crippen LogP contribution in [0.4, 0.5) is 0 Å². The van der Waals surface area contributed by atoms with E-state index in [1.807, 2.05) is 94.5 Å². The Morgan fingerprint density at radius 2 is 1.48 bits per heavy atom. The van der Waals surface area contributed by atoms with Crippen LogP contribution >= 0.6 is 15.9 Å². The first-order valence-corrected chi connectivity index (χ1v) is 8.37. The Bertz CT molecular complexity index is 971. The molecule has 0 saturated carbocycles. The third-order valence-electron chi connectivity index (χ3n) is 3.62. The molecule has 25 heavy (non-hydrogen) atoms. The van der Waals surface area contributed by atoms with Gasteiger partial charge < -0.3 is 12.4 Å². The molecule has 0 bridgehead atoms. The fourth-order valence-corrected chi connectivity index (χ4v) is 2.87. The molecule has 124 valence electrons. The molecule has 6 heteroatoms. The summed E-state index contributed by atoms with van der Waals surface area (Å²) in [6.45, 7) is 0. The van der Waals surface area contributed by atoms with Crippen molar-refractivity contribution in [2.24, 2.45) is 0 Å². The van der Waals surface area contributed by atoms with Crippen molar-refractivity contribution >= 4 is 15.9 Å². The molecule has 0 aliphatic rings. The third-order valence-corrected chi connectivity index (χ3v) is 4.11. The van der Waals surface area contributed by atoms with Crippen molar-refractivity contribution in [1.29, 1.82) is 0 Å². The van der Waals surface area contributed by atoms with Crippen LogP contribution in [0.3, 0.4) is 0 Å². The summed E-state index contributed by atoms with van der Waals surface area (Å²) >= 11 is 3.52. The number of aromatic nitrogens is 4. The SMILES string of the molecule is Brc1cccc(-n2nc(-c3ccccc3)n[n+]2-c2ccccc2)c1.[Cl-]. The van der Waals surface area contributed by atoms with Crippen molar-refractivity contribution in [3.63, 3.8) is 0 Å². The number of hydrogen-bond acceptors (Lipinski definition) is 2. The number of rotatable bonds is 3. The lowest BCUT2D eigenvalue weighted by Crippen LogP contribution is -3.00. The molecule has 4 aromatic rings. The van der Waals surface area contributed by atoms with Gasteiger partial charge in [0, 0.05) is 9.27 Å². The van der Waals surface area contributed by atoms with Gasteiger partial charge in [0.2, 0.25) is 0 Å². The summed E-state index contributed by atoms with van der Waals surface area (Å²) < 4.78 is 0.997. The van der Waals surface area contributed by atoms with E-state index in [0.717, 1.165) is 21.4 Å². The van der Waals surface area contributed by atoms with Crippen LogP contribution in [0.1, 0.15) is 0 Å². The highest BCUT2D eigenvalue weighted by Gasteiger charge is 2.23. The Balaban J connectivity index is 0.00000182. The Kier molecular flexibility index (Phi) is 5.26. The standard InChI is InChI=1S/C19H14BrN4.ClH/c20-16-10-7-13-18(14-16)24-22-19(15-8-3-1-4-9-15)21-23(24)17-11-5-2-6-12-17;/h1-14H;1H/q+1;/p-1. The molecule has 0 N–H and O–H groups in total. The van der Waals surface area contributed by atoms with Gasteiger partial charge in [-0.25, -0.2) is 0 Å². The van der Waals surface area contributed by atoms with Gasteiger partial charge in [-0.3, -0.25) is 0 Å². The van der Waals surface area contributed by atoms with Crippen LogP contribution in [0.5, 0.6) is 0 Å². The molecule has 1 heterocycles. The largest absolute Gasteiger partial charge is 1.00 e. The summed E-state index contributed by atoms with van der Waals surface area (Å²) in [7, 11) is 0. The smallest absolute Gasteiger partial charge is 0.340 e. The normalized spacial score (nSPS) is 10.3. The molecule has 4 nitrogen and oxygen atoms in total. The summed E-state index contributed by atoms with van der Waals surface area (Å²) in [6, 6.07) is 28.0. The number of hydrogen-bond donors (Lipinski definition) is 0. The fraction of sp³-hybridized carbons (Fsp3) is 0. The number of nitrogens with zero attached hydrogens (tertiary/aromatic N) is 4. The first-order chi connectivity index (χ1) is 11.8. The van der Waals surface area contributed by atoms with Crippen molar-refractivity contribution in [2.45, 2.75) is 0 Å². The van der Waals surface area contributed by atoms with E-state index in [9.17, 15) is 0 Å². The van der Waals surface area contributed by atoms with Gasteiger partial charge in [-0.1, -0.05) is 58.4 Å². The molecule has 0 spiro atoms. The van der Waals surface area contributed by atoms with Crippen LogP contribution in [-0.2, 0) is 0 Å². The highest BCUT2D eigenvalue weighted by molar-refractivity contribution is 9.10. The van der Waals surface area contributed by atoms with Gasteiger partial charge in [-0.05, 0) is 52.4 Å². The quantitative estimate of drug-likeness (QED) is 0.469. The molecule has 0 atom stereocenters. The Morgan fingerprint density at radius 1 is 0.800 bits per heavy atom. The zero-order valence-corrected chi connectivity index (χ0v) is 15.5. The average Bonchev–Trinajstić information content (AvgIpc) is 3.09. The van der Waals surface area contributed by atoms with Crippen LogP contribution in [0.2, 0.25) is 0 Å². The fourth-order valence-electron chi connectivity index (χ4n) is 2.48. The summed E-state index contributed by atoms with van der Waals surface area (Å²) in [4.78, 5) is 3.62. The summed E-state index contributed by atoms with van der Waals surface area (Å²) in [5.74, 6) is 0.680. The lowest BCUT2D eigenvalue weighted by atomic mass is 10.2. The van der Waals surface area contributed by atoms with Gasteiger partial charge in [0.25, 0.3) is 0 Å². The van der Waals surface area contributed by atoms with Crippen LogP contribution in [0.15, 0.2) is 89.4 Å². The minimum Gasteiger partial charge on any atom is -1.00 e. The van der Waals surface area contributed by atoms with E-state index in [2.05, 4.69) is 15.9 Å². The molecule has 0 amide bonds. The van der Waals surface area contributed by atoms with E-state index < -0.39 is 0 Å². The number of halogens is 2. The molecule has 0 unspecified atom stereocenters. The molecule has 3 aromatic carbocycles. The van der Waals surface area contributed by atoms with Gasteiger partial charge in [0.1, 0.15) is 5.69 Å². The maximum Gasteiger partial charge on any atom is 0.340 e. The highest BCUT2D eigenvalue weighted by atomic mass is 79.9. The van der Waals surface area contributed by atoms with Gasteiger partial charge >= 0.3 is 5.82 Å². The molecular weight excluding hydrogens is 400 g/mol. The number of benzene rings is 3. The molecular formula is C19H14BrClN4. The second-order valence-corrected chi connectivity index (χ2v) is 6.20. The van der Waals surface area contributed by atoms with E-state index in [4.69, 9.17) is 10.2 Å². The van der Waals surface area contributed by atoms with Gasteiger partial charge in [0.15, 0.2) is 5.69 Å². The van der Waals surface area contributed by atoms with E-state index in [1.165, 1.54) is 0 Å². The predicted octanol–water partition coefficient (Wildman–Crippen LogP) is 0.977. The van der Waals surface area contributed by atoms with Crippen LogP contribution in [0, 0.1) is 0 Å². The Morgan fingerprint density at radius 3 is 2.16 bits per heavy atom. The topological polar surface area (TPSA) is 34.6 Å². The molecule has 0 aliphatic heterocycles. The summed E-state index contributed by atoms with van der Waals surface area (Å²) in [5.41, 5.74) is 2.87. The van der Waals surface area contributed by atoms with E-state index in [1.54, 1.807) is 0 Å². The van der Waals surface area contributed by atoms with Gasteiger partial charge in [-0.15, -0.1) is 0 Å². The molecule has 0 aliphatic carbocycles. The molecule has 1 aromatic heterocycles. The number of para-hydroxylation sites is 1. The van der Waals surface area contributed by atoms with Crippen LogP contribution < -0.4 is 17.2 Å². The maximum atomic E-state index is 4.72.